The van der Waals surface area contributed by atoms with Gasteiger partial charge in [0.15, 0.2) is 0 Å². The Balaban J connectivity index is 1.94. The molecule has 0 atom stereocenters. The van der Waals surface area contributed by atoms with Gasteiger partial charge in [-0.2, -0.15) is 0 Å². The van der Waals surface area contributed by atoms with Crippen LogP contribution in [-0.4, -0.2) is 5.91 Å². The van der Waals surface area contributed by atoms with Crippen LogP contribution >= 0.6 is 0 Å². The molecule has 1 heterocycles. The molecule has 0 aliphatic heterocycles. The van der Waals surface area contributed by atoms with Gasteiger partial charge in [-0.15, -0.1) is 0 Å². The summed E-state index contributed by atoms with van der Waals surface area (Å²) < 4.78 is 5.31. The molecule has 0 saturated heterocycles. The summed E-state index contributed by atoms with van der Waals surface area (Å²) in [6.45, 7) is 4.17. The molecule has 2 aromatic carbocycles. The quantitative estimate of drug-likeness (QED) is 0.755. The Kier molecular flexibility index (Phi) is 3.98. The normalized spacial score (nSPS) is 10.7. The van der Waals surface area contributed by atoms with Crippen molar-refractivity contribution in [2.45, 2.75) is 20.4 Å². The Morgan fingerprint density at radius 2 is 1.83 bits per heavy atom. The van der Waals surface area contributed by atoms with Gasteiger partial charge in [-0.1, -0.05) is 24.3 Å². The van der Waals surface area contributed by atoms with Crippen molar-refractivity contribution in [3.63, 3.8) is 0 Å². The molecule has 1 N–H and O–H groups in total. The van der Waals surface area contributed by atoms with E-state index < -0.39 is 5.63 Å². The summed E-state index contributed by atoms with van der Waals surface area (Å²) in [5.74, 6) is -0.170. The first kappa shape index (κ1) is 15.0. The fraction of sp³-hybridized carbons (Fsp3) is 0.158. The molecule has 3 rings (SSSR count). The molecule has 0 fully saturated rings. The van der Waals surface area contributed by atoms with Crippen LogP contribution < -0.4 is 10.9 Å². The van der Waals surface area contributed by atoms with E-state index in [4.69, 9.17) is 4.42 Å². The van der Waals surface area contributed by atoms with Crippen molar-refractivity contribution in [1.82, 2.24) is 5.32 Å². The number of carbonyl (C=O) groups excluding carboxylic acids is 1. The Hall–Kier alpha value is -2.88. The fourth-order valence-corrected chi connectivity index (χ4v) is 2.69. The van der Waals surface area contributed by atoms with Crippen LogP contribution in [0.5, 0.6) is 0 Å². The first-order valence-electron chi connectivity index (χ1n) is 7.42. The average molecular weight is 307 g/mol. The molecule has 0 unspecified atom stereocenters. The highest BCUT2D eigenvalue weighted by atomic mass is 16.4. The van der Waals surface area contributed by atoms with E-state index in [0.717, 1.165) is 22.1 Å². The number of fused-ring (bicyclic) bond motifs is 1. The summed E-state index contributed by atoms with van der Waals surface area (Å²) in [6.07, 6.45) is 0. The van der Waals surface area contributed by atoms with E-state index in [1.807, 2.05) is 44.2 Å². The van der Waals surface area contributed by atoms with E-state index in [0.29, 0.717) is 11.1 Å². The smallest absolute Gasteiger partial charge is 0.336 e. The molecule has 116 valence electrons. The third-order valence-corrected chi connectivity index (χ3v) is 3.74. The molecule has 0 spiro atoms. The average Bonchev–Trinajstić information content (AvgIpc) is 2.54. The Morgan fingerprint density at radius 3 is 2.57 bits per heavy atom. The zero-order valence-electron chi connectivity index (χ0n) is 13.1. The van der Waals surface area contributed by atoms with Gasteiger partial charge in [0.05, 0.1) is 0 Å². The van der Waals surface area contributed by atoms with Gasteiger partial charge >= 0.3 is 5.63 Å². The second-order valence-corrected chi connectivity index (χ2v) is 5.60. The maximum atomic E-state index is 12.2. The van der Waals surface area contributed by atoms with Gasteiger partial charge in [0, 0.05) is 23.6 Å². The lowest BCUT2D eigenvalue weighted by Gasteiger charge is -2.10. The van der Waals surface area contributed by atoms with Crippen LogP contribution in [0.25, 0.3) is 11.0 Å². The number of benzene rings is 2. The molecule has 3 aromatic rings. The topological polar surface area (TPSA) is 59.3 Å². The van der Waals surface area contributed by atoms with Crippen LogP contribution in [-0.2, 0) is 6.54 Å². The van der Waals surface area contributed by atoms with Gasteiger partial charge in [0.1, 0.15) is 5.58 Å². The molecular weight excluding hydrogens is 290 g/mol. The molecule has 4 nitrogen and oxygen atoms in total. The Bertz CT molecular complexity index is 926. The SMILES string of the molecule is Cc1cc(C)c2oc(=O)cc(CNC(=O)c3ccccc3)c2c1. The van der Waals surface area contributed by atoms with Gasteiger partial charge in [-0.3, -0.25) is 4.79 Å². The number of rotatable bonds is 3. The molecule has 0 saturated carbocycles. The minimum absolute atomic E-state index is 0.170. The predicted octanol–water partition coefficient (Wildman–Crippen LogP) is 3.34. The largest absolute Gasteiger partial charge is 0.422 e. The van der Waals surface area contributed by atoms with Gasteiger partial charge in [0.25, 0.3) is 5.91 Å². The molecule has 0 aliphatic rings. The van der Waals surface area contributed by atoms with Gasteiger partial charge < -0.3 is 9.73 Å². The van der Waals surface area contributed by atoms with Crippen LogP contribution in [0.1, 0.15) is 27.0 Å². The highest BCUT2D eigenvalue weighted by molar-refractivity contribution is 5.94. The maximum absolute atomic E-state index is 12.2. The molecule has 0 aliphatic carbocycles. The minimum Gasteiger partial charge on any atom is -0.422 e. The molecular formula is C19H17NO3. The zero-order valence-corrected chi connectivity index (χ0v) is 13.1. The number of aryl methyl sites for hydroxylation is 2. The highest BCUT2D eigenvalue weighted by Crippen LogP contribution is 2.22. The first-order valence-corrected chi connectivity index (χ1v) is 7.42. The standard InChI is InChI=1S/C19H17NO3/c1-12-8-13(2)18-16(9-12)15(10-17(21)23-18)11-20-19(22)14-6-4-3-5-7-14/h3-10H,11H2,1-2H3,(H,20,22). The Morgan fingerprint density at radius 1 is 1.09 bits per heavy atom. The van der Waals surface area contributed by atoms with Crippen LogP contribution in [0, 0.1) is 13.8 Å². The summed E-state index contributed by atoms with van der Waals surface area (Å²) in [6, 6.07) is 14.4. The van der Waals surface area contributed by atoms with E-state index in [2.05, 4.69) is 5.32 Å². The fourth-order valence-electron chi connectivity index (χ4n) is 2.69. The number of amides is 1. The number of carbonyl (C=O) groups is 1. The lowest BCUT2D eigenvalue weighted by molar-refractivity contribution is 0.0951. The van der Waals surface area contributed by atoms with Crippen molar-refractivity contribution < 1.29 is 9.21 Å². The van der Waals surface area contributed by atoms with E-state index in [-0.39, 0.29) is 12.5 Å². The summed E-state index contributed by atoms with van der Waals surface area (Å²) in [7, 11) is 0. The Labute approximate surface area is 133 Å². The highest BCUT2D eigenvalue weighted by Gasteiger charge is 2.10. The lowest BCUT2D eigenvalue weighted by Crippen LogP contribution is -2.23. The van der Waals surface area contributed by atoms with E-state index >= 15 is 0 Å². The van der Waals surface area contributed by atoms with E-state index in [1.54, 1.807) is 12.1 Å². The van der Waals surface area contributed by atoms with Crippen LogP contribution in [0.2, 0.25) is 0 Å². The number of hydrogen-bond donors (Lipinski definition) is 1. The van der Waals surface area contributed by atoms with Gasteiger partial charge in [-0.25, -0.2) is 4.79 Å². The van der Waals surface area contributed by atoms with E-state index in [1.165, 1.54) is 6.07 Å². The molecule has 0 radical (unpaired) electrons. The van der Waals surface area contributed by atoms with Crippen LogP contribution in [0.4, 0.5) is 0 Å². The second-order valence-electron chi connectivity index (χ2n) is 5.60. The van der Waals surface area contributed by atoms with E-state index in [9.17, 15) is 9.59 Å². The van der Waals surface area contributed by atoms with Crippen molar-refractivity contribution in [1.29, 1.82) is 0 Å². The zero-order chi connectivity index (χ0) is 16.4. The first-order chi connectivity index (χ1) is 11.0. The molecule has 4 heteroatoms. The van der Waals surface area contributed by atoms with Gasteiger partial charge in [-0.05, 0) is 48.7 Å². The summed E-state index contributed by atoms with van der Waals surface area (Å²) >= 11 is 0. The predicted molar refractivity (Wildman–Crippen MR) is 89.6 cm³/mol. The molecule has 0 bridgehead atoms. The molecule has 1 aromatic heterocycles. The maximum Gasteiger partial charge on any atom is 0.336 e. The molecule has 1 amide bonds. The van der Waals surface area contributed by atoms with Crippen molar-refractivity contribution in [2.24, 2.45) is 0 Å². The van der Waals surface area contributed by atoms with Crippen LogP contribution in [0.15, 0.2) is 57.7 Å². The third-order valence-electron chi connectivity index (χ3n) is 3.74. The van der Waals surface area contributed by atoms with Crippen molar-refractivity contribution in [2.75, 3.05) is 0 Å². The molecule has 23 heavy (non-hydrogen) atoms. The second kappa shape index (κ2) is 6.08. The summed E-state index contributed by atoms with van der Waals surface area (Å²) in [5, 5.41) is 3.71. The van der Waals surface area contributed by atoms with Crippen molar-refractivity contribution in [3.05, 3.63) is 81.2 Å². The van der Waals surface area contributed by atoms with Crippen LogP contribution in [0.3, 0.4) is 0 Å². The lowest BCUT2D eigenvalue weighted by atomic mass is 10.0. The monoisotopic (exact) mass is 307 g/mol. The van der Waals surface area contributed by atoms with Gasteiger partial charge in [0.2, 0.25) is 0 Å². The third kappa shape index (κ3) is 3.16. The van der Waals surface area contributed by atoms with Crippen molar-refractivity contribution >= 4 is 16.9 Å². The number of nitrogens with one attached hydrogen (secondary N) is 1. The van der Waals surface area contributed by atoms with Crippen molar-refractivity contribution in [3.8, 4) is 0 Å². The summed E-state index contributed by atoms with van der Waals surface area (Å²) in [5.41, 5.74) is 3.51. The minimum atomic E-state index is -0.409. The number of hydrogen-bond acceptors (Lipinski definition) is 3. The summed E-state index contributed by atoms with van der Waals surface area (Å²) in [4.78, 5) is 23.9.